The summed E-state index contributed by atoms with van der Waals surface area (Å²) in [6.45, 7) is 2.93. The Balaban J connectivity index is 2.08. The fourth-order valence-electron chi connectivity index (χ4n) is 2.61. The van der Waals surface area contributed by atoms with Gasteiger partial charge in [-0.05, 0) is 30.2 Å². The van der Waals surface area contributed by atoms with Gasteiger partial charge in [-0.15, -0.1) is 0 Å². The third-order valence-corrected chi connectivity index (χ3v) is 5.53. The summed E-state index contributed by atoms with van der Waals surface area (Å²) < 4.78 is 27.4. The maximum Gasteiger partial charge on any atom is 0.253 e. The van der Waals surface area contributed by atoms with Gasteiger partial charge in [0.15, 0.2) is 0 Å². The minimum Gasteiger partial charge on any atom is -0.337 e. The van der Waals surface area contributed by atoms with E-state index in [4.69, 9.17) is 0 Å². The number of carbonyl (C=O) groups excluding carboxylic acids is 1. The Kier molecular flexibility index (Phi) is 7.36. The third kappa shape index (κ3) is 5.68. The summed E-state index contributed by atoms with van der Waals surface area (Å²) in [6.07, 6.45) is 2.80. The van der Waals surface area contributed by atoms with Crippen molar-refractivity contribution in [3.05, 3.63) is 65.7 Å². The first kappa shape index (κ1) is 20.1. The number of hydrogen-bond donors (Lipinski definition) is 1. The highest BCUT2D eigenvalue weighted by Gasteiger charge is 2.17. The molecular formula is C20H26N2O3S. The van der Waals surface area contributed by atoms with Crippen LogP contribution in [-0.4, -0.2) is 32.8 Å². The molecule has 0 aliphatic heterocycles. The van der Waals surface area contributed by atoms with Gasteiger partial charge in [0.25, 0.3) is 5.91 Å². The van der Waals surface area contributed by atoms with Crippen molar-refractivity contribution in [1.82, 2.24) is 9.62 Å². The molecule has 0 aliphatic carbocycles. The van der Waals surface area contributed by atoms with Crippen LogP contribution in [0.1, 0.15) is 42.1 Å². The van der Waals surface area contributed by atoms with Gasteiger partial charge in [-0.2, -0.15) is 0 Å². The Morgan fingerprint density at radius 3 is 2.46 bits per heavy atom. The Labute approximate surface area is 156 Å². The molecule has 0 bridgehead atoms. The van der Waals surface area contributed by atoms with E-state index in [1.165, 1.54) is 12.1 Å². The highest BCUT2D eigenvalue weighted by molar-refractivity contribution is 7.89. The van der Waals surface area contributed by atoms with Crippen LogP contribution >= 0.6 is 0 Å². The van der Waals surface area contributed by atoms with E-state index in [1.807, 2.05) is 30.3 Å². The zero-order chi connectivity index (χ0) is 19.0. The molecule has 2 aromatic rings. The number of unbranched alkanes of at least 4 members (excludes halogenated alkanes) is 2. The molecule has 2 aromatic carbocycles. The molecule has 0 saturated heterocycles. The highest BCUT2D eigenvalue weighted by atomic mass is 32.2. The fourth-order valence-corrected chi connectivity index (χ4v) is 3.73. The molecule has 0 spiro atoms. The summed E-state index contributed by atoms with van der Waals surface area (Å²) in [5, 5.41) is 0. The molecule has 26 heavy (non-hydrogen) atoms. The number of hydrogen-bond acceptors (Lipinski definition) is 3. The van der Waals surface area contributed by atoms with Gasteiger partial charge in [0, 0.05) is 25.7 Å². The molecule has 1 amide bonds. The second-order valence-electron chi connectivity index (χ2n) is 6.28. The molecule has 140 valence electrons. The van der Waals surface area contributed by atoms with Crippen molar-refractivity contribution in [2.45, 2.75) is 37.6 Å². The van der Waals surface area contributed by atoms with Gasteiger partial charge in [0.2, 0.25) is 10.0 Å². The van der Waals surface area contributed by atoms with Gasteiger partial charge in [-0.1, -0.05) is 56.2 Å². The second kappa shape index (κ2) is 9.50. The maximum atomic E-state index is 12.6. The zero-order valence-corrected chi connectivity index (χ0v) is 16.1. The standard InChI is InChI=1S/C20H26N2O3S/c1-3-4-8-14-21-26(24,25)19-13-9-12-18(15-19)20(23)22(2)16-17-10-6-5-7-11-17/h5-7,9-13,15,21H,3-4,8,14,16H2,1-2H3. The maximum absolute atomic E-state index is 12.6. The Bertz CT molecular complexity index is 820. The van der Waals surface area contributed by atoms with Gasteiger partial charge in [0.05, 0.1) is 4.90 Å². The van der Waals surface area contributed by atoms with E-state index in [-0.39, 0.29) is 10.8 Å². The summed E-state index contributed by atoms with van der Waals surface area (Å²) in [5.41, 5.74) is 1.38. The van der Waals surface area contributed by atoms with Gasteiger partial charge >= 0.3 is 0 Å². The molecule has 2 rings (SSSR count). The lowest BCUT2D eigenvalue weighted by molar-refractivity contribution is 0.0785. The lowest BCUT2D eigenvalue weighted by Gasteiger charge is -2.18. The molecule has 0 atom stereocenters. The molecule has 1 N–H and O–H groups in total. The average molecular weight is 375 g/mol. The van der Waals surface area contributed by atoms with Crippen LogP contribution in [0.5, 0.6) is 0 Å². The lowest BCUT2D eigenvalue weighted by atomic mass is 10.1. The van der Waals surface area contributed by atoms with Crippen LogP contribution in [0.15, 0.2) is 59.5 Å². The van der Waals surface area contributed by atoms with Crippen molar-refractivity contribution < 1.29 is 13.2 Å². The van der Waals surface area contributed by atoms with Gasteiger partial charge in [0.1, 0.15) is 0 Å². The highest BCUT2D eigenvalue weighted by Crippen LogP contribution is 2.14. The van der Waals surface area contributed by atoms with Crippen molar-refractivity contribution in [2.24, 2.45) is 0 Å². The number of carbonyl (C=O) groups is 1. The summed E-state index contributed by atoms with van der Waals surface area (Å²) >= 11 is 0. The molecular weight excluding hydrogens is 348 g/mol. The Hall–Kier alpha value is -2.18. The summed E-state index contributed by atoms with van der Waals surface area (Å²) in [7, 11) is -1.89. The van der Waals surface area contributed by atoms with E-state index < -0.39 is 10.0 Å². The predicted octanol–water partition coefficient (Wildman–Crippen LogP) is 3.43. The van der Waals surface area contributed by atoms with Gasteiger partial charge < -0.3 is 4.90 Å². The van der Waals surface area contributed by atoms with Crippen molar-refractivity contribution in [3.63, 3.8) is 0 Å². The van der Waals surface area contributed by atoms with Crippen LogP contribution in [-0.2, 0) is 16.6 Å². The first-order valence-electron chi connectivity index (χ1n) is 8.83. The summed E-state index contributed by atoms with van der Waals surface area (Å²) in [4.78, 5) is 14.3. The number of sulfonamides is 1. The third-order valence-electron chi connectivity index (χ3n) is 4.07. The number of rotatable bonds is 9. The fraction of sp³-hybridized carbons (Fsp3) is 0.350. The van der Waals surface area contributed by atoms with E-state index in [0.29, 0.717) is 18.7 Å². The van der Waals surface area contributed by atoms with Crippen LogP contribution < -0.4 is 4.72 Å². The van der Waals surface area contributed by atoms with Crippen LogP contribution in [0.3, 0.4) is 0 Å². The first-order valence-corrected chi connectivity index (χ1v) is 10.3. The molecule has 0 aliphatic rings. The van der Waals surface area contributed by atoms with Crippen molar-refractivity contribution in [2.75, 3.05) is 13.6 Å². The zero-order valence-electron chi connectivity index (χ0n) is 15.3. The monoisotopic (exact) mass is 374 g/mol. The molecule has 0 saturated carbocycles. The molecule has 0 fully saturated rings. The SMILES string of the molecule is CCCCCNS(=O)(=O)c1cccc(C(=O)N(C)Cc2ccccc2)c1. The smallest absolute Gasteiger partial charge is 0.253 e. The predicted molar refractivity (Wildman–Crippen MR) is 103 cm³/mol. The van der Waals surface area contributed by atoms with E-state index in [1.54, 1.807) is 24.1 Å². The molecule has 6 heteroatoms. The van der Waals surface area contributed by atoms with E-state index in [2.05, 4.69) is 11.6 Å². The molecule has 5 nitrogen and oxygen atoms in total. The number of benzene rings is 2. The van der Waals surface area contributed by atoms with Crippen LogP contribution in [0.2, 0.25) is 0 Å². The minimum atomic E-state index is -3.60. The Morgan fingerprint density at radius 1 is 1.04 bits per heavy atom. The molecule has 0 unspecified atom stereocenters. The van der Waals surface area contributed by atoms with Crippen LogP contribution in [0.4, 0.5) is 0 Å². The van der Waals surface area contributed by atoms with Gasteiger partial charge in [-0.3, -0.25) is 4.79 Å². The summed E-state index contributed by atoms with van der Waals surface area (Å²) in [5.74, 6) is -0.211. The first-order chi connectivity index (χ1) is 12.4. The lowest BCUT2D eigenvalue weighted by Crippen LogP contribution is -2.27. The number of nitrogens with zero attached hydrogens (tertiary/aromatic N) is 1. The summed E-state index contributed by atoms with van der Waals surface area (Å²) in [6, 6.07) is 15.9. The minimum absolute atomic E-state index is 0.118. The molecule has 0 aromatic heterocycles. The van der Waals surface area contributed by atoms with Crippen molar-refractivity contribution >= 4 is 15.9 Å². The molecule has 0 heterocycles. The Morgan fingerprint density at radius 2 is 1.77 bits per heavy atom. The van der Waals surface area contributed by atoms with Crippen LogP contribution in [0, 0.1) is 0 Å². The largest absolute Gasteiger partial charge is 0.337 e. The topological polar surface area (TPSA) is 66.5 Å². The van der Waals surface area contributed by atoms with E-state index in [9.17, 15) is 13.2 Å². The van der Waals surface area contributed by atoms with Gasteiger partial charge in [-0.25, -0.2) is 13.1 Å². The van der Waals surface area contributed by atoms with Crippen molar-refractivity contribution in [3.8, 4) is 0 Å². The second-order valence-corrected chi connectivity index (χ2v) is 8.05. The normalized spacial score (nSPS) is 11.3. The quantitative estimate of drug-likeness (QED) is 0.684. The average Bonchev–Trinajstić information content (AvgIpc) is 2.65. The molecule has 0 radical (unpaired) electrons. The number of amides is 1. The van der Waals surface area contributed by atoms with Crippen molar-refractivity contribution in [1.29, 1.82) is 0 Å². The van der Waals surface area contributed by atoms with E-state index in [0.717, 1.165) is 24.8 Å². The van der Waals surface area contributed by atoms with Crippen LogP contribution in [0.25, 0.3) is 0 Å². The van der Waals surface area contributed by atoms with E-state index >= 15 is 0 Å². The number of nitrogens with one attached hydrogen (secondary N) is 1.